The van der Waals surface area contributed by atoms with E-state index in [9.17, 15) is 9.59 Å². The van der Waals surface area contributed by atoms with Crippen LogP contribution in [-0.2, 0) is 9.59 Å². The van der Waals surface area contributed by atoms with E-state index in [0.717, 1.165) is 22.7 Å². The van der Waals surface area contributed by atoms with Gasteiger partial charge in [-0.2, -0.15) is 0 Å². The molecule has 34 heavy (non-hydrogen) atoms. The van der Waals surface area contributed by atoms with Crippen LogP contribution < -0.4 is 9.80 Å². The molecule has 0 fully saturated rings. The van der Waals surface area contributed by atoms with Crippen molar-refractivity contribution < 1.29 is 9.59 Å². The number of benzene rings is 4. The molecule has 4 aromatic rings. The van der Waals surface area contributed by atoms with Crippen molar-refractivity contribution in [2.45, 2.75) is 0 Å². The summed E-state index contributed by atoms with van der Waals surface area (Å²) in [6, 6.07) is 38.5. The fraction of sp³-hybridized carbons (Fsp3) is 0.0345. The largest absolute Gasteiger partial charge is 0.304 e. The lowest BCUT2D eigenvalue weighted by atomic mass is 10.1. The average molecular weight is 446 g/mol. The second-order valence-corrected chi connectivity index (χ2v) is 7.88. The Bertz CT molecular complexity index is 1150. The van der Waals surface area contributed by atoms with Gasteiger partial charge in [0.15, 0.2) is 0 Å². The van der Waals surface area contributed by atoms with E-state index in [0.29, 0.717) is 11.4 Å². The van der Waals surface area contributed by atoms with Crippen molar-refractivity contribution in [3.63, 3.8) is 0 Å². The Morgan fingerprint density at radius 2 is 0.676 bits per heavy atom. The predicted molar refractivity (Wildman–Crippen MR) is 135 cm³/mol. The van der Waals surface area contributed by atoms with E-state index in [1.165, 1.54) is 11.9 Å². The zero-order chi connectivity index (χ0) is 23.5. The zero-order valence-corrected chi connectivity index (χ0v) is 18.7. The average Bonchev–Trinajstić information content (AvgIpc) is 3.11. The lowest BCUT2D eigenvalue weighted by Crippen LogP contribution is -2.31. The molecular weight excluding hydrogens is 422 g/mol. The summed E-state index contributed by atoms with van der Waals surface area (Å²) >= 11 is 0. The van der Waals surface area contributed by atoms with Gasteiger partial charge in [0.25, 0.3) is 11.8 Å². The molecule has 0 spiro atoms. The van der Waals surface area contributed by atoms with Crippen molar-refractivity contribution in [3.8, 4) is 0 Å². The summed E-state index contributed by atoms with van der Waals surface area (Å²) in [5.74, 6) is -0.714. The fourth-order valence-corrected chi connectivity index (χ4v) is 4.14. The topological polar surface area (TPSA) is 43.9 Å². The Kier molecular flexibility index (Phi) is 5.67. The Hall–Kier alpha value is -4.64. The fourth-order valence-electron chi connectivity index (χ4n) is 4.14. The highest BCUT2D eigenvalue weighted by Crippen LogP contribution is 2.40. The molecule has 0 aromatic heterocycles. The molecule has 2 amide bonds. The normalized spacial score (nSPS) is 13.4. The number of hydrogen-bond donors (Lipinski definition) is 0. The summed E-state index contributed by atoms with van der Waals surface area (Å²) in [6.07, 6.45) is 0. The second kappa shape index (κ2) is 9.08. The first kappa shape index (κ1) is 21.2. The van der Waals surface area contributed by atoms with Gasteiger partial charge in [-0.15, -0.1) is 0 Å². The molecule has 0 saturated heterocycles. The molecule has 5 heteroatoms. The minimum Gasteiger partial charge on any atom is -0.304 e. The summed E-state index contributed by atoms with van der Waals surface area (Å²) < 4.78 is 0. The molecule has 166 valence electrons. The van der Waals surface area contributed by atoms with Crippen LogP contribution in [0.3, 0.4) is 0 Å². The van der Waals surface area contributed by atoms with Gasteiger partial charge in [0.05, 0.1) is 0 Å². The van der Waals surface area contributed by atoms with Crippen LogP contribution in [0.25, 0.3) is 0 Å². The lowest BCUT2D eigenvalue weighted by molar-refractivity contribution is -0.135. The van der Waals surface area contributed by atoms with Gasteiger partial charge >= 0.3 is 0 Å². The number of anilines is 4. The van der Waals surface area contributed by atoms with Crippen LogP contribution >= 0.6 is 0 Å². The third-order valence-electron chi connectivity index (χ3n) is 5.74. The number of hydrogen-bond acceptors (Lipinski definition) is 4. The molecule has 0 radical (unpaired) electrons. The number of carbonyl (C=O) groups excluding carboxylic acids is 2. The molecule has 0 bridgehead atoms. The summed E-state index contributed by atoms with van der Waals surface area (Å²) in [6.45, 7) is 0. The van der Waals surface area contributed by atoms with Crippen molar-refractivity contribution in [3.05, 3.63) is 133 Å². The number of carbonyl (C=O) groups is 2. The van der Waals surface area contributed by atoms with Gasteiger partial charge in [0.1, 0.15) is 11.4 Å². The Balaban J connectivity index is 1.82. The zero-order valence-electron chi connectivity index (χ0n) is 18.7. The van der Waals surface area contributed by atoms with Gasteiger partial charge in [0.2, 0.25) is 0 Å². The number of amides is 2. The molecule has 0 saturated carbocycles. The molecule has 1 aliphatic heterocycles. The molecule has 0 atom stereocenters. The third-order valence-corrected chi connectivity index (χ3v) is 5.74. The van der Waals surface area contributed by atoms with Crippen LogP contribution in [-0.4, -0.2) is 23.8 Å². The highest BCUT2D eigenvalue weighted by molar-refractivity contribution is 6.23. The Morgan fingerprint density at radius 1 is 0.441 bits per heavy atom. The predicted octanol–water partition coefficient (Wildman–Crippen LogP) is 5.87. The van der Waals surface area contributed by atoms with E-state index < -0.39 is 0 Å². The minimum absolute atomic E-state index is 0.303. The van der Waals surface area contributed by atoms with Crippen molar-refractivity contribution in [2.24, 2.45) is 0 Å². The van der Waals surface area contributed by atoms with Crippen LogP contribution in [0.2, 0.25) is 0 Å². The summed E-state index contributed by atoms with van der Waals surface area (Å²) in [7, 11) is 1.53. The molecule has 0 N–H and O–H groups in total. The molecule has 5 nitrogen and oxygen atoms in total. The second-order valence-electron chi connectivity index (χ2n) is 7.88. The van der Waals surface area contributed by atoms with Crippen LogP contribution in [0.5, 0.6) is 0 Å². The van der Waals surface area contributed by atoms with Crippen molar-refractivity contribution >= 4 is 34.6 Å². The van der Waals surface area contributed by atoms with Crippen LogP contribution in [0.4, 0.5) is 22.7 Å². The first-order valence-electron chi connectivity index (χ1n) is 11.0. The smallest absolute Gasteiger partial charge is 0.279 e. The summed E-state index contributed by atoms with van der Waals surface area (Å²) in [5, 5.41) is 0. The van der Waals surface area contributed by atoms with E-state index >= 15 is 0 Å². The van der Waals surface area contributed by atoms with Crippen LogP contribution in [0.15, 0.2) is 133 Å². The third kappa shape index (κ3) is 3.73. The standard InChI is InChI=1S/C29H23N3O2/c1-30-28(33)26(31(22-14-6-2-7-15-22)23-16-8-3-9-17-23)27(29(30)34)32(24-18-10-4-11-19-24)25-20-12-5-13-21-25/h2-21H,1H3. The monoisotopic (exact) mass is 445 g/mol. The van der Waals surface area contributed by atoms with Crippen molar-refractivity contribution in [1.29, 1.82) is 0 Å². The SMILES string of the molecule is CN1C(=O)C(N(c2ccccc2)c2ccccc2)=C(N(c2ccccc2)c2ccccc2)C1=O. The number of rotatable bonds is 6. The van der Waals surface area contributed by atoms with Gasteiger partial charge in [0, 0.05) is 29.8 Å². The highest BCUT2D eigenvalue weighted by atomic mass is 16.2. The van der Waals surface area contributed by atoms with E-state index in [2.05, 4.69) is 0 Å². The quantitative estimate of drug-likeness (QED) is 0.348. The van der Waals surface area contributed by atoms with E-state index in [-0.39, 0.29) is 11.8 Å². The van der Waals surface area contributed by atoms with E-state index in [1.807, 2.05) is 131 Å². The maximum absolute atomic E-state index is 13.7. The maximum atomic E-state index is 13.7. The van der Waals surface area contributed by atoms with Gasteiger partial charge in [-0.25, -0.2) is 0 Å². The first-order valence-corrected chi connectivity index (χ1v) is 11.0. The number of para-hydroxylation sites is 4. The molecular formula is C29H23N3O2. The van der Waals surface area contributed by atoms with Gasteiger partial charge in [-0.1, -0.05) is 72.8 Å². The molecule has 1 aliphatic rings. The van der Waals surface area contributed by atoms with Crippen molar-refractivity contribution in [2.75, 3.05) is 16.8 Å². The molecule has 0 unspecified atom stereocenters. The number of nitrogens with zero attached hydrogens (tertiary/aromatic N) is 3. The maximum Gasteiger partial charge on any atom is 0.279 e. The van der Waals surface area contributed by atoms with Crippen LogP contribution in [0, 0.1) is 0 Å². The Morgan fingerprint density at radius 3 is 0.912 bits per heavy atom. The summed E-state index contributed by atoms with van der Waals surface area (Å²) in [4.78, 5) is 32.2. The molecule has 1 heterocycles. The van der Waals surface area contributed by atoms with Crippen LogP contribution in [0.1, 0.15) is 0 Å². The van der Waals surface area contributed by atoms with E-state index in [4.69, 9.17) is 0 Å². The molecule has 0 aliphatic carbocycles. The lowest BCUT2D eigenvalue weighted by Gasteiger charge is -2.30. The number of likely N-dealkylation sites (N-methyl/N-ethyl adjacent to an activating group) is 1. The van der Waals surface area contributed by atoms with E-state index in [1.54, 1.807) is 0 Å². The van der Waals surface area contributed by atoms with Crippen molar-refractivity contribution in [1.82, 2.24) is 4.90 Å². The summed E-state index contributed by atoms with van der Waals surface area (Å²) in [5.41, 5.74) is 3.77. The number of imide groups is 1. The van der Waals surface area contributed by atoms with Gasteiger partial charge < -0.3 is 9.80 Å². The van der Waals surface area contributed by atoms with Gasteiger partial charge in [-0.3, -0.25) is 14.5 Å². The first-order chi connectivity index (χ1) is 16.7. The highest BCUT2D eigenvalue weighted by Gasteiger charge is 2.43. The Labute approximate surface area is 198 Å². The molecule has 4 aromatic carbocycles. The molecule has 5 rings (SSSR count). The minimum atomic E-state index is -0.357. The van der Waals surface area contributed by atoms with Gasteiger partial charge in [-0.05, 0) is 48.5 Å².